The third-order valence-corrected chi connectivity index (χ3v) is 7.29. The van der Waals surface area contributed by atoms with Crippen LogP contribution in [0.4, 0.5) is 0 Å². The molecular formula is C22H28ClN3O2. The molecule has 6 heteroatoms. The summed E-state index contributed by atoms with van der Waals surface area (Å²) in [6, 6.07) is 5.07. The van der Waals surface area contributed by atoms with Gasteiger partial charge in [0.25, 0.3) is 5.56 Å². The van der Waals surface area contributed by atoms with Crippen LogP contribution in [0.15, 0.2) is 23.0 Å². The summed E-state index contributed by atoms with van der Waals surface area (Å²) in [4.78, 5) is 30.5. The summed E-state index contributed by atoms with van der Waals surface area (Å²) in [5.74, 6) is 2.24. The summed E-state index contributed by atoms with van der Waals surface area (Å²) < 4.78 is 1.32. The molecule has 5 rings (SSSR count). The highest BCUT2D eigenvalue weighted by molar-refractivity contribution is 6.31. The summed E-state index contributed by atoms with van der Waals surface area (Å²) >= 11 is 6.06. The molecule has 1 aromatic carbocycles. The summed E-state index contributed by atoms with van der Waals surface area (Å²) in [5, 5.41) is 0.892. The van der Waals surface area contributed by atoms with Gasteiger partial charge < -0.3 is 0 Å². The lowest BCUT2D eigenvalue weighted by molar-refractivity contribution is -0.129. The van der Waals surface area contributed by atoms with Crippen molar-refractivity contribution in [1.29, 1.82) is 0 Å². The van der Waals surface area contributed by atoms with E-state index in [4.69, 9.17) is 11.6 Å². The van der Waals surface area contributed by atoms with Crippen LogP contribution < -0.4 is 11.0 Å². The highest BCUT2D eigenvalue weighted by Gasteiger charge is 2.54. The predicted octanol–water partition coefficient (Wildman–Crippen LogP) is 4.71. The molecule has 0 unspecified atom stereocenters. The number of benzene rings is 1. The Kier molecular flexibility index (Phi) is 4.77. The van der Waals surface area contributed by atoms with Crippen molar-refractivity contribution in [2.45, 2.75) is 59.3 Å². The zero-order valence-electron chi connectivity index (χ0n) is 17.0. The standard InChI is InChI=1S/C22H28ClN3O2/c1-12(2)20-24-18-8-7-15(23)11-16(18)21(28)26(20)25-19(27)9-13-5-6-14-10-17(13)22(14,3)4/h7-8,11-14,17H,5-6,9-10H2,1-4H3,(H,25,27)/t13-,14-,17+/m0/s1. The van der Waals surface area contributed by atoms with E-state index < -0.39 is 0 Å². The van der Waals surface area contributed by atoms with Crippen LogP contribution in [-0.4, -0.2) is 15.6 Å². The lowest BCUT2D eigenvalue weighted by Crippen LogP contribution is -2.53. The van der Waals surface area contributed by atoms with Gasteiger partial charge in [0.2, 0.25) is 5.91 Å². The molecule has 3 saturated carbocycles. The summed E-state index contributed by atoms with van der Waals surface area (Å²) in [5.41, 5.74) is 3.50. The van der Waals surface area contributed by atoms with E-state index in [-0.39, 0.29) is 17.4 Å². The van der Waals surface area contributed by atoms with Crippen molar-refractivity contribution in [3.05, 3.63) is 39.4 Å². The molecule has 1 amide bonds. The fraction of sp³-hybridized carbons (Fsp3) is 0.591. The number of hydrogen-bond donors (Lipinski definition) is 1. The quantitative estimate of drug-likeness (QED) is 0.807. The Labute approximate surface area is 170 Å². The normalized spacial score (nSPS) is 25.6. The molecule has 1 aromatic heterocycles. The van der Waals surface area contributed by atoms with Crippen molar-refractivity contribution in [2.75, 3.05) is 5.43 Å². The maximum absolute atomic E-state index is 13.1. The van der Waals surface area contributed by atoms with Crippen LogP contribution in [0.1, 0.15) is 65.1 Å². The first kappa shape index (κ1) is 19.4. The van der Waals surface area contributed by atoms with E-state index in [2.05, 4.69) is 24.3 Å². The van der Waals surface area contributed by atoms with E-state index >= 15 is 0 Å². The molecule has 0 spiro atoms. The molecule has 1 N–H and O–H groups in total. The molecule has 0 saturated heterocycles. The van der Waals surface area contributed by atoms with Gasteiger partial charge in [-0.05, 0) is 60.6 Å². The molecule has 2 aromatic rings. The molecule has 3 aliphatic rings. The highest BCUT2D eigenvalue weighted by Crippen LogP contribution is 2.61. The van der Waals surface area contributed by atoms with Crippen LogP contribution >= 0.6 is 11.6 Å². The maximum Gasteiger partial charge on any atom is 0.280 e. The SMILES string of the molecule is CC(C)c1nc2ccc(Cl)cc2c(=O)n1NC(=O)C[C@@H]1CC[C@H]2C[C@H]1C2(C)C. The Balaban J connectivity index is 1.61. The fourth-order valence-electron chi connectivity index (χ4n) is 5.29. The van der Waals surface area contributed by atoms with E-state index in [9.17, 15) is 9.59 Å². The van der Waals surface area contributed by atoms with Gasteiger partial charge in [-0.1, -0.05) is 39.3 Å². The number of carbonyl (C=O) groups is 1. The van der Waals surface area contributed by atoms with Crippen molar-refractivity contribution in [1.82, 2.24) is 9.66 Å². The molecule has 2 bridgehead atoms. The molecule has 0 radical (unpaired) electrons. The van der Waals surface area contributed by atoms with Gasteiger partial charge >= 0.3 is 0 Å². The molecule has 3 atom stereocenters. The Morgan fingerprint density at radius 1 is 1.36 bits per heavy atom. The van der Waals surface area contributed by atoms with Crippen LogP contribution in [0, 0.1) is 23.2 Å². The van der Waals surface area contributed by atoms with Crippen molar-refractivity contribution in [2.24, 2.45) is 23.2 Å². The average Bonchev–Trinajstić information content (AvgIpc) is 2.64. The number of nitrogens with one attached hydrogen (secondary N) is 1. The first-order valence-electron chi connectivity index (χ1n) is 10.2. The van der Waals surface area contributed by atoms with Gasteiger partial charge in [-0.3, -0.25) is 15.0 Å². The second-order valence-electron chi connectivity index (χ2n) is 9.36. The number of carbonyl (C=O) groups excluding carboxylic acids is 1. The van der Waals surface area contributed by atoms with E-state index in [0.717, 1.165) is 12.3 Å². The smallest absolute Gasteiger partial charge is 0.273 e. The zero-order chi connectivity index (χ0) is 20.2. The van der Waals surface area contributed by atoms with Crippen molar-refractivity contribution in [3.8, 4) is 0 Å². The number of halogens is 1. The number of nitrogens with zero attached hydrogens (tertiary/aromatic N) is 2. The molecule has 3 aliphatic carbocycles. The summed E-state index contributed by atoms with van der Waals surface area (Å²) in [6.07, 6.45) is 3.99. The van der Waals surface area contributed by atoms with Crippen molar-refractivity contribution < 1.29 is 4.79 Å². The minimum Gasteiger partial charge on any atom is -0.273 e. The van der Waals surface area contributed by atoms with Crippen molar-refractivity contribution in [3.63, 3.8) is 0 Å². The molecule has 3 fully saturated rings. The molecule has 28 heavy (non-hydrogen) atoms. The van der Waals surface area contributed by atoms with E-state index in [1.54, 1.807) is 18.2 Å². The number of hydrogen-bond acceptors (Lipinski definition) is 3. The minimum atomic E-state index is -0.280. The van der Waals surface area contributed by atoms with Crippen LogP contribution in [-0.2, 0) is 4.79 Å². The second kappa shape index (κ2) is 6.87. The Bertz CT molecular complexity index is 993. The highest BCUT2D eigenvalue weighted by atomic mass is 35.5. The van der Waals surface area contributed by atoms with Crippen molar-refractivity contribution >= 4 is 28.4 Å². The number of amides is 1. The molecule has 5 nitrogen and oxygen atoms in total. The maximum atomic E-state index is 13.1. The van der Waals surface area contributed by atoms with Gasteiger partial charge in [0.05, 0.1) is 10.9 Å². The minimum absolute atomic E-state index is 0.00548. The Hall–Kier alpha value is -1.88. The van der Waals surface area contributed by atoms with Crippen LogP contribution in [0.3, 0.4) is 0 Å². The lowest BCUT2D eigenvalue weighted by Gasteiger charge is -2.60. The zero-order valence-corrected chi connectivity index (χ0v) is 17.7. The topological polar surface area (TPSA) is 64.0 Å². The number of aromatic nitrogens is 2. The monoisotopic (exact) mass is 401 g/mol. The van der Waals surface area contributed by atoms with Gasteiger partial charge in [0, 0.05) is 17.4 Å². The Morgan fingerprint density at radius 2 is 2.11 bits per heavy atom. The van der Waals surface area contributed by atoms with E-state index in [0.29, 0.717) is 45.4 Å². The fourth-order valence-corrected chi connectivity index (χ4v) is 5.46. The molecule has 1 heterocycles. The lowest BCUT2D eigenvalue weighted by atomic mass is 9.45. The molecular weight excluding hydrogens is 374 g/mol. The van der Waals surface area contributed by atoms with Gasteiger partial charge in [0.15, 0.2) is 0 Å². The first-order chi connectivity index (χ1) is 13.2. The second-order valence-corrected chi connectivity index (χ2v) is 9.80. The summed E-state index contributed by atoms with van der Waals surface area (Å²) in [6.45, 7) is 8.58. The van der Waals surface area contributed by atoms with Gasteiger partial charge in [-0.2, -0.15) is 0 Å². The first-order valence-corrected chi connectivity index (χ1v) is 10.6. The predicted molar refractivity (Wildman–Crippen MR) is 112 cm³/mol. The van der Waals surface area contributed by atoms with Crippen LogP contribution in [0.25, 0.3) is 10.9 Å². The molecule has 150 valence electrons. The van der Waals surface area contributed by atoms with E-state index in [1.807, 2.05) is 13.8 Å². The van der Waals surface area contributed by atoms with E-state index in [1.165, 1.54) is 17.5 Å². The van der Waals surface area contributed by atoms with Gasteiger partial charge in [-0.25, -0.2) is 9.66 Å². The third-order valence-electron chi connectivity index (χ3n) is 7.06. The van der Waals surface area contributed by atoms with Crippen LogP contribution in [0.2, 0.25) is 5.02 Å². The Morgan fingerprint density at radius 3 is 2.75 bits per heavy atom. The third kappa shape index (κ3) is 3.14. The number of rotatable bonds is 4. The van der Waals surface area contributed by atoms with Gasteiger partial charge in [0.1, 0.15) is 5.82 Å². The number of fused-ring (bicyclic) bond motifs is 3. The average molecular weight is 402 g/mol. The van der Waals surface area contributed by atoms with Gasteiger partial charge in [-0.15, -0.1) is 0 Å². The largest absolute Gasteiger partial charge is 0.280 e. The summed E-state index contributed by atoms with van der Waals surface area (Å²) in [7, 11) is 0. The van der Waals surface area contributed by atoms with Crippen LogP contribution in [0.5, 0.6) is 0 Å². The molecule has 0 aliphatic heterocycles.